The Morgan fingerprint density at radius 3 is 2.52 bits per heavy atom. The fraction of sp³-hybridized carbons (Fsp3) is 0.625. The molecule has 0 radical (unpaired) electrons. The van der Waals surface area contributed by atoms with Gasteiger partial charge in [0.05, 0.1) is 17.5 Å². The van der Waals surface area contributed by atoms with E-state index in [1.165, 1.54) is 6.26 Å². The molecule has 1 N–H and O–H groups in total. The largest absolute Gasteiger partial charge is 0.490 e. The zero-order valence-corrected chi connectivity index (χ0v) is 13.5. The van der Waals surface area contributed by atoms with Gasteiger partial charge in [-0.05, 0) is 50.3 Å². The highest BCUT2D eigenvalue weighted by atomic mass is 32.2. The second kappa shape index (κ2) is 6.79. The fourth-order valence-corrected chi connectivity index (χ4v) is 3.99. The Hall–Kier alpha value is -1.07. The van der Waals surface area contributed by atoms with E-state index in [1.807, 2.05) is 24.3 Å². The first-order valence-corrected chi connectivity index (χ1v) is 9.42. The molecule has 0 saturated heterocycles. The van der Waals surface area contributed by atoms with Crippen LogP contribution in [0.1, 0.15) is 38.2 Å². The van der Waals surface area contributed by atoms with Crippen molar-refractivity contribution in [3.8, 4) is 5.75 Å². The molecule has 21 heavy (non-hydrogen) atoms. The van der Waals surface area contributed by atoms with Crippen molar-refractivity contribution in [1.82, 2.24) is 0 Å². The maximum atomic E-state index is 11.7. The van der Waals surface area contributed by atoms with Crippen LogP contribution in [0.4, 0.5) is 0 Å². The third-order valence-corrected chi connectivity index (χ3v) is 5.58. The summed E-state index contributed by atoms with van der Waals surface area (Å²) in [6.45, 7) is 1.76. The van der Waals surface area contributed by atoms with E-state index in [0.717, 1.165) is 30.6 Å². The van der Waals surface area contributed by atoms with Crippen molar-refractivity contribution < 1.29 is 18.3 Å². The molecule has 1 aromatic carbocycles. The summed E-state index contributed by atoms with van der Waals surface area (Å²) in [6, 6.07) is 7.67. The average Bonchev–Trinajstić information content (AvgIpc) is 2.40. The van der Waals surface area contributed by atoms with Crippen LogP contribution in [-0.4, -0.2) is 37.2 Å². The minimum absolute atomic E-state index is 0.0268. The van der Waals surface area contributed by atoms with Crippen molar-refractivity contribution in [2.75, 3.05) is 6.26 Å². The maximum absolute atomic E-state index is 11.7. The molecule has 4 nitrogen and oxygen atoms in total. The monoisotopic (exact) mass is 312 g/mol. The van der Waals surface area contributed by atoms with Crippen LogP contribution < -0.4 is 4.74 Å². The van der Waals surface area contributed by atoms with Gasteiger partial charge in [0, 0.05) is 12.7 Å². The summed E-state index contributed by atoms with van der Waals surface area (Å²) in [7, 11) is -2.98. The van der Waals surface area contributed by atoms with Crippen molar-refractivity contribution in [2.45, 2.75) is 56.5 Å². The highest BCUT2D eigenvalue weighted by Crippen LogP contribution is 2.27. The second-order valence-corrected chi connectivity index (χ2v) is 8.38. The normalized spacial score (nSPS) is 24.5. The second-order valence-electron chi connectivity index (χ2n) is 6.06. The quantitative estimate of drug-likeness (QED) is 0.906. The van der Waals surface area contributed by atoms with Gasteiger partial charge in [-0.1, -0.05) is 12.1 Å². The molecule has 2 rings (SSSR count). The molecule has 3 atom stereocenters. The highest BCUT2D eigenvalue weighted by molar-refractivity contribution is 7.91. The summed E-state index contributed by atoms with van der Waals surface area (Å²) in [6.07, 6.45) is 4.67. The van der Waals surface area contributed by atoms with Gasteiger partial charge < -0.3 is 9.84 Å². The predicted molar refractivity (Wildman–Crippen MR) is 83.3 cm³/mol. The maximum Gasteiger partial charge on any atom is 0.150 e. The van der Waals surface area contributed by atoms with Crippen molar-refractivity contribution in [1.29, 1.82) is 0 Å². The molecule has 1 fully saturated rings. The zero-order chi connectivity index (χ0) is 15.5. The lowest BCUT2D eigenvalue weighted by Crippen LogP contribution is -2.33. The van der Waals surface area contributed by atoms with E-state index >= 15 is 0 Å². The number of rotatable bonds is 5. The molecule has 118 valence electrons. The first-order chi connectivity index (χ1) is 9.84. The van der Waals surface area contributed by atoms with Gasteiger partial charge in [-0.3, -0.25) is 0 Å². The molecule has 0 heterocycles. The number of benzene rings is 1. The number of hydrogen-bond donors (Lipinski definition) is 1. The molecule has 0 aromatic heterocycles. The number of ether oxygens (including phenoxy) is 1. The minimum atomic E-state index is -2.98. The van der Waals surface area contributed by atoms with Gasteiger partial charge in [0.2, 0.25) is 0 Å². The molecular weight excluding hydrogens is 288 g/mol. The molecule has 1 saturated carbocycles. The first kappa shape index (κ1) is 16.3. The Balaban J connectivity index is 1.95. The van der Waals surface area contributed by atoms with Crippen LogP contribution in [0.3, 0.4) is 0 Å². The molecule has 0 bridgehead atoms. The zero-order valence-electron chi connectivity index (χ0n) is 12.7. The van der Waals surface area contributed by atoms with Crippen LogP contribution in [-0.2, 0) is 16.3 Å². The van der Waals surface area contributed by atoms with Gasteiger partial charge in [0.25, 0.3) is 0 Å². The summed E-state index contributed by atoms with van der Waals surface area (Å²) >= 11 is 0. The van der Waals surface area contributed by atoms with Crippen LogP contribution in [0.25, 0.3) is 0 Å². The van der Waals surface area contributed by atoms with Gasteiger partial charge in [-0.2, -0.15) is 0 Å². The Morgan fingerprint density at radius 2 is 1.95 bits per heavy atom. The van der Waals surface area contributed by atoms with Crippen LogP contribution in [0.2, 0.25) is 0 Å². The first-order valence-electron chi connectivity index (χ1n) is 7.47. The van der Waals surface area contributed by atoms with Gasteiger partial charge in [-0.25, -0.2) is 8.42 Å². The van der Waals surface area contributed by atoms with Crippen LogP contribution in [0, 0.1) is 0 Å². The summed E-state index contributed by atoms with van der Waals surface area (Å²) in [5.41, 5.74) is 1.06. The van der Waals surface area contributed by atoms with Gasteiger partial charge in [0.1, 0.15) is 15.6 Å². The highest BCUT2D eigenvalue weighted by Gasteiger charge is 2.29. The van der Waals surface area contributed by atoms with E-state index in [0.29, 0.717) is 12.8 Å². The topological polar surface area (TPSA) is 63.6 Å². The minimum Gasteiger partial charge on any atom is -0.490 e. The SMILES string of the molecule is CC(O)Cc1ccc(OC2CCCC(S(C)(=O)=O)C2)cc1. The van der Waals surface area contributed by atoms with E-state index in [-0.39, 0.29) is 17.5 Å². The molecule has 1 aliphatic rings. The van der Waals surface area contributed by atoms with Gasteiger partial charge in [0.15, 0.2) is 0 Å². The molecule has 0 spiro atoms. The Kier molecular flexibility index (Phi) is 5.27. The molecule has 5 heteroatoms. The molecule has 3 unspecified atom stereocenters. The lowest BCUT2D eigenvalue weighted by molar-refractivity contribution is 0.156. The molecule has 1 aromatic rings. The molecule has 1 aliphatic carbocycles. The number of sulfone groups is 1. The molecular formula is C16H24O4S. The number of aliphatic hydroxyl groups excluding tert-OH is 1. The third-order valence-electron chi connectivity index (χ3n) is 3.94. The van der Waals surface area contributed by atoms with Crippen molar-refractivity contribution in [3.63, 3.8) is 0 Å². The van der Waals surface area contributed by atoms with E-state index in [9.17, 15) is 13.5 Å². The number of hydrogen-bond acceptors (Lipinski definition) is 4. The average molecular weight is 312 g/mol. The predicted octanol–water partition coefficient (Wildman–Crippen LogP) is 2.34. The van der Waals surface area contributed by atoms with Crippen molar-refractivity contribution >= 4 is 9.84 Å². The fourth-order valence-electron chi connectivity index (χ4n) is 2.84. The lowest BCUT2D eigenvalue weighted by atomic mass is 9.97. The smallest absolute Gasteiger partial charge is 0.150 e. The molecule has 0 aliphatic heterocycles. The molecule has 0 amide bonds. The van der Waals surface area contributed by atoms with Gasteiger partial charge >= 0.3 is 0 Å². The summed E-state index contributed by atoms with van der Waals surface area (Å²) in [5.74, 6) is 0.767. The summed E-state index contributed by atoms with van der Waals surface area (Å²) in [5, 5.41) is 9.08. The summed E-state index contributed by atoms with van der Waals surface area (Å²) in [4.78, 5) is 0. The Labute approximate surface area is 127 Å². The van der Waals surface area contributed by atoms with Crippen LogP contribution in [0.15, 0.2) is 24.3 Å². The van der Waals surface area contributed by atoms with Crippen LogP contribution >= 0.6 is 0 Å². The van der Waals surface area contributed by atoms with Crippen molar-refractivity contribution in [2.24, 2.45) is 0 Å². The standard InChI is InChI=1S/C16H24O4S/c1-12(17)10-13-6-8-14(9-7-13)20-15-4-3-5-16(11-15)21(2,18)19/h6-9,12,15-17H,3-5,10-11H2,1-2H3. The van der Waals surface area contributed by atoms with Crippen LogP contribution in [0.5, 0.6) is 5.75 Å². The number of aliphatic hydroxyl groups is 1. The van der Waals surface area contributed by atoms with E-state index < -0.39 is 9.84 Å². The van der Waals surface area contributed by atoms with Gasteiger partial charge in [-0.15, -0.1) is 0 Å². The van der Waals surface area contributed by atoms with E-state index in [2.05, 4.69) is 0 Å². The van der Waals surface area contributed by atoms with Crippen molar-refractivity contribution in [3.05, 3.63) is 29.8 Å². The summed E-state index contributed by atoms with van der Waals surface area (Å²) < 4.78 is 29.2. The van der Waals surface area contributed by atoms with E-state index in [1.54, 1.807) is 6.92 Å². The van der Waals surface area contributed by atoms with E-state index in [4.69, 9.17) is 4.74 Å². The lowest BCUT2D eigenvalue weighted by Gasteiger charge is -2.28. The Morgan fingerprint density at radius 1 is 1.29 bits per heavy atom. The Bertz CT molecular complexity index is 548. The third kappa shape index (κ3) is 5.00.